The van der Waals surface area contributed by atoms with E-state index in [1.54, 1.807) is 0 Å². The molecule has 0 radical (unpaired) electrons. The smallest absolute Gasteiger partial charge is 0.0812 e. The Morgan fingerprint density at radius 1 is 1.43 bits per heavy atom. The number of nitrogens with zero attached hydrogens (tertiary/aromatic N) is 3. The summed E-state index contributed by atoms with van der Waals surface area (Å²) in [6.07, 6.45) is 2.14. The maximum atomic E-state index is 4.48. The molecule has 0 fully saturated rings. The zero-order chi connectivity index (χ0) is 10.5. The Hall–Kier alpha value is -0.830. The molecule has 2 rings (SSSR count). The minimum absolute atomic E-state index is 0.228. The van der Waals surface area contributed by atoms with Gasteiger partial charge in [0, 0.05) is 36.9 Å². The van der Waals surface area contributed by atoms with Crippen molar-refractivity contribution < 1.29 is 0 Å². The Kier molecular flexibility index (Phi) is 1.96. The monoisotopic (exact) mass is 193 g/mol. The van der Waals surface area contributed by atoms with Crippen LogP contribution in [0.3, 0.4) is 0 Å². The summed E-state index contributed by atoms with van der Waals surface area (Å²) in [5.41, 5.74) is 2.86. The Morgan fingerprint density at radius 2 is 2.07 bits per heavy atom. The second-order valence-corrected chi connectivity index (χ2v) is 5.18. The van der Waals surface area contributed by atoms with Gasteiger partial charge in [-0.15, -0.1) is 0 Å². The van der Waals surface area contributed by atoms with Gasteiger partial charge in [0.1, 0.15) is 0 Å². The zero-order valence-corrected chi connectivity index (χ0v) is 9.70. The normalized spacial score (nSPS) is 22.8. The summed E-state index contributed by atoms with van der Waals surface area (Å²) < 4.78 is 1.92. The third kappa shape index (κ3) is 1.36. The molecule has 0 unspecified atom stereocenters. The van der Waals surface area contributed by atoms with E-state index >= 15 is 0 Å². The molecule has 0 aromatic carbocycles. The van der Waals surface area contributed by atoms with Gasteiger partial charge in [0.15, 0.2) is 0 Å². The molecule has 0 saturated heterocycles. The van der Waals surface area contributed by atoms with Crippen LogP contribution in [0.2, 0.25) is 0 Å². The van der Waals surface area contributed by atoms with Crippen molar-refractivity contribution in [3.63, 3.8) is 0 Å². The number of aryl methyl sites for hydroxylation is 1. The molecule has 1 aliphatic heterocycles. The number of fused-ring (bicyclic) bond motifs is 1. The van der Waals surface area contributed by atoms with Crippen LogP contribution < -0.4 is 0 Å². The van der Waals surface area contributed by atoms with E-state index in [2.05, 4.69) is 43.9 Å². The molecule has 78 valence electrons. The van der Waals surface area contributed by atoms with Gasteiger partial charge in [-0.3, -0.25) is 9.58 Å². The lowest BCUT2D eigenvalue weighted by Crippen LogP contribution is -2.39. The molecule has 0 saturated carbocycles. The molecule has 3 heteroatoms. The van der Waals surface area contributed by atoms with E-state index in [1.807, 2.05) is 11.7 Å². The van der Waals surface area contributed by atoms with Crippen molar-refractivity contribution in [2.24, 2.45) is 7.05 Å². The first kappa shape index (κ1) is 9.71. The van der Waals surface area contributed by atoms with Gasteiger partial charge in [-0.2, -0.15) is 5.10 Å². The van der Waals surface area contributed by atoms with Crippen LogP contribution in [-0.4, -0.2) is 20.2 Å². The van der Waals surface area contributed by atoms with Gasteiger partial charge in [0.2, 0.25) is 0 Å². The average molecular weight is 193 g/mol. The molecule has 0 N–H and O–H groups in total. The van der Waals surface area contributed by atoms with Gasteiger partial charge < -0.3 is 0 Å². The second-order valence-electron chi connectivity index (χ2n) is 5.18. The topological polar surface area (TPSA) is 21.1 Å². The highest BCUT2D eigenvalue weighted by atomic mass is 15.3. The van der Waals surface area contributed by atoms with E-state index in [0.29, 0.717) is 6.04 Å². The van der Waals surface area contributed by atoms with Gasteiger partial charge in [-0.1, -0.05) is 0 Å². The van der Waals surface area contributed by atoms with Crippen molar-refractivity contribution in [1.82, 2.24) is 14.7 Å². The summed E-state index contributed by atoms with van der Waals surface area (Å²) >= 11 is 0. The van der Waals surface area contributed by atoms with E-state index in [9.17, 15) is 0 Å². The van der Waals surface area contributed by atoms with Gasteiger partial charge in [-0.05, 0) is 27.7 Å². The lowest BCUT2D eigenvalue weighted by atomic mass is 10.0. The highest BCUT2D eigenvalue weighted by Crippen LogP contribution is 2.37. The quantitative estimate of drug-likeness (QED) is 0.629. The SMILES string of the molecule is C[C@H]1c2cn(C)nc2CN1C(C)(C)C. The van der Waals surface area contributed by atoms with Crippen LogP contribution in [0, 0.1) is 0 Å². The molecule has 0 spiro atoms. The zero-order valence-electron chi connectivity index (χ0n) is 9.70. The summed E-state index contributed by atoms with van der Waals surface area (Å²) in [6.45, 7) is 10.0. The molecule has 1 atom stereocenters. The van der Waals surface area contributed by atoms with E-state index in [1.165, 1.54) is 11.3 Å². The third-order valence-corrected chi connectivity index (χ3v) is 3.04. The first-order valence-corrected chi connectivity index (χ1v) is 5.19. The summed E-state index contributed by atoms with van der Waals surface area (Å²) in [5, 5.41) is 4.48. The summed E-state index contributed by atoms with van der Waals surface area (Å²) in [5.74, 6) is 0. The third-order valence-electron chi connectivity index (χ3n) is 3.04. The van der Waals surface area contributed by atoms with Gasteiger partial charge in [0.05, 0.1) is 5.69 Å². The van der Waals surface area contributed by atoms with Crippen LogP contribution in [0.1, 0.15) is 45.0 Å². The van der Waals surface area contributed by atoms with Gasteiger partial charge in [-0.25, -0.2) is 0 Å². The standard InChI is InChI=1S/C11H19N3/c1-8-9-6-13(5)12-10(9)7-14(8)11(2,3)4/h6,8H,7H2,1-5H3/t8-/m0/s1. The number of aromatic nitrogens is 2. The largest absolute Gasteiger partial charge is 0.286 e. The van der Waals surface area contributed by atoms with Crippen LogP contribution >= 0.6 is 0 Å². The van der Waals surface area contributed by atoms with Crippen molar-refractivity contribution in [3.8, 4) is 0 Å². The Balaban J connectivity index is 2.31. The van der Waals surface area contributed by atoms with Gasteiger partial charge in [0.25, 0.3) is 0 Å². The Morgan fingerprint density at radius 3 is 2.57 bits per heavy atom. The van der Waals surface area contributed by atoms with Crippen molar-refractivity contribution in [3.05, 3.63) is 17.5 Å². The minimum atomic E-state index is 0.228. The fourth-order valence-corrected chi connectivity index (χ4v) is 2.31. The molecule has 14 heavy (non-hydrogen) atoms. The van der Waals surface area contributed by atoms with Gasteiger partial charge >= 0.3 is 0 Å². The van der Waals surface area contributed by atoms with E-state index in [4.69, 9.17) is 0 Å². The minimum Gasteiger partial charge on any atom is -0.286 e. The highest BCUT2D eigenvalue weighted by Gasteiger charge is 2.35. The van der Waals surface area contributed by atoms with Crippen molar-refractivity contribution in [1.29, 1.82) is 0 Å². The van der Waals surface area contributed by atoms with E-state index in [0.717, 1.165) is 6.54 Å². The molecule has 3 nitrogen and oxygen atoms in total. The highest BCUT2D eigenvalue weighted by molar-refractivity contribution is 5.26. The molecular formula is C11H19N3. The summed E-state index contributed by atoms with van der Waals surface area (Å²) in [7, 11) is 1.99. The molecule has 1 aromatic rings. The molecule has 2 heterocycles. The fraction of sp³-hybridized carbons (Fsp3) is 0.727. The molecule has 1 aliphatic rings. The maximum Gasteiger partial charge on any atom is 0.0812 e. The summed E-state index contributed by atoms with van der Waals surface area (Å²) in [4.78, 5) is 2.49. The Bertz CT molecular complexity index is 346. The van der Waals surface area contributed by atoms with Crippen molar-refractivity contribution in [2.75, 3.05) is 0 Å². The van der Waals surface area contributed by atoms with Crippen LogP contribution in [0.4, 0.5) is 0 Å². The van der Waals surface area contributed by atoms with E-state index in [-0.39, 0.29) is 5.54 Å². The summed E-state index contributed by atoms with van der Waals surface area (Å²) in [6, 6.07) is 0.499. The molecule has 0 aliphatic carbocycles. The maximum absolute atomic E-state index is 4.48. The number of rotatable bonds is 0. The van der Waals surface area contributed by atoms with Crippen LogP contribution in [-0.2, 0) is 13.6 Å². The van der Waals surface area contributed by atoms with Crippen molar-refractivity contribution >= 4 is 0 Å². The fourth-order valence-electron chi connectivity index (χ4n) is 2.31. The number of hydrogen-bond donors (Lipinski definition) is 0. The lowest BCUT2D eigenvalue weighted by molar-refractivity contribution is 0.0981. The molecule has 1 aromatic heterocycles. The lowest BCUT2D eigenvalue weighted by Gasteiger charge is -2.35. The number of hydrogen-bond acceptors (Lipinski definition) is 2. The molecule has 0 bridgehead atoms. The average Bonchev–Trinajstić information content (AvgIpc) is 2.49. The first-order valence-electron chi connectivity index (χ1n) is 5.19. The Labute approximate surface area is 85.7 Å². The molecule has 0 amide bonds. The van der Waals surface area contributed by atoms with Crippen LogP contribution in [0.25, 0.3) is 0 Å². The first-order chi connectivity index (χ1) is 6.39. The van der Waals surface area contributed by atoms with Crippen molar-refractivity contribution in [2.45, 2.75) is 45.8 Å². The van der Waals surface area contributed by atoms with Crippen LogP contribution in [0.5, 0.6) is 0 Å². The predicted molar refractivity (Wildman–Crippen MR) is 56.9 cm³/mol. The van der Waals surface area contributed by atoms with E-state index < -0.39 is 0 Å². The predicted octanol–water partition coefficient (Wildman–Crippen LogP) is 2.10. The molecular weight excluding hydrogens is 174 g/mol. The van der Waals surface area contributed by atoms with Crippen LogP contribution in [0.15, 0.2) is 6.20 Å². The second kappa shape index (κ2) is 2.83.